The Hall–Kier alpha value is -1.16. The summed E-state index contributed by atoms with van der Waals surface area (Å²) in [5.41, 5.74) is 1.43. The Morgan fingerprint density at radius 2 is 2.14 bits per heavy atom. The van der Waals surface area contributed by atoms with E-state index >= 15 is 0 Å². The maximum Gasteiger partial charge on any atom is 0.254 e. The summed E-state index contributed by atoms with van der Waals surface area (Å²) in [5.74, 6) is 0.701. The number of hydrogen-bond donors (Lipinski definition) is 1. The minimum Gasteiger partial charge on any atom is -0.381 e. The van der Waals surface area contributed by atoms with Gasteiger partial charge in [-0.3, -0.25) is 4.79 Å². The van der Waals surface area contributed by atoms with Crippen LogP contribution in [-0.2, 0) is 11.2 Å². The first-order valence-electron chi connectivity index (χ1n) is 4.79. The number of H-pyrrole nitrogens is 1. The molecule has 1 rings (SSSR count). The molecule has 0 fully saturated rings. The van der Waals surface area contributed by atoms with Gasteiger partial charge in [0.15, 0.2) is 0 Å². The van der Waals surface area contributed by atoms with Crippen molar-refractivity contribution in [3.8, 4) is 0 Å². The normalized spacial score (nSPS) is 10.5. The fraction of sp³-hybridized carbons (Fsp3) is 0.600. The summed E-state index contributed by atoms with van der Waals surface area (Å²) in [6, 6.07) is 0. The Labute approximate surface area is 83.3 Å². The fourth-order valence-electron chi connectivity index (χ4n) is 1.13. The molecule has 1 N–H and O–H groups in total. The van der Waals surface area contributed by atoms with E-state index in [-0.39, 0.29) is 5.56 Å². The monoisotopic (exact) mass is 196 g/mol. The van der Waals surface area contributed by atoms with Crippen LogP contribution in [0.4, 0.5) is 0 Å². The van der Waals surface area contributed by atoms with Gasteiger partial charge in [0.1, 0.15) is 5.82 Å². The Bertz CT molecular complexity index is 358. The van der Waals surface area contributed by atoms with E-state index in [1.807, 2.05) is 13.8 Å². The maximum absolute atomic E-state index is 11.4. The van der Waals surface area contributed by atoms with Crippen LogP contribution in [0.25, 0.3) is 0 Å². The van der Waals surface area contributed by atoms with Crippen molar-refractivity contribution in [3.63, 3.8) is 0 Å². The molecule has 0 spiro atoms. The zero-order chi connectivity index (χ0) is 10.6. The van der Waals surface area contributed by atoms with Gasteiger partial charge >= 0.3 is 0 Å². The lowest BCUT2D eigenvalue weighted by atomic mass is 10.2. The van der Waals surface area contributed by atoms with Crippen molar-refractivity contribution >= 4 is 0 Å². The van der Waals surface area contributed by atoms with Crippen molar-refractivity contribution in [2.75, 3.05) is 13.2 Å². The molecule has 0 amide bonds. The van der Waals surface area contributed by atoms with Gasteiger partial charge in [-0.05, 0) is 20.8 Å². The summed E-state index contributed by atoms with van der Waals surface area (Å²) >= 11 is 0. The van der Waals surface area contributed by atoms with Crippen LogP contribution < -0.4 is 5.56 Å². The van der Waals surface area contributed by atoms with Crippen LogP contribution in [0.2, 0.25) is 0 Å². The van der Waals surface area contributed by atoms with Crippen LogP contribution in [0.1, 0.15) is 24.0 Å². The average molecular weight is 196 g/mol. The zero-order valence-electron chi connectivity index (χ0n) is 8.89. The van der Waals surface area contributed by atoms with Crippen LogP contribution in [0.3, 0.4) is 0 Å². The highest BCUT2D eigenvalue weighted by molar-refractivity contribution is 5.13. The van der Waals surface area contributed by atoms with E-state index in [1.54, 1.807) is 6.92 Å². The molecule has 0 saturated heterocycles. The van der Waals surface area contributed by atoms with Crippen LogP contribution in [0, 0.1) is 13.8 Å². The lowest BCUT2D eigenvalue weighted by Crippen LogP contribution is -2.17. The molecule has 1 aromatic rings. The molecule has 0 radical (unpaired) electrons. The molecule has 0 bridgehead atoms. The average Bonchev–Trinajstić information content (AvgIpc) is 2.14. The third-order valence-electron chi connectivity index (χ3n) is 2.13. The van der Waals surface area contributed by atoms with E-state index in [2.05, 4.69) is 9.97 Å². The van der Waals surface area contributed by atoms with Gasteiger partial charge in [0.05, 0.1) is 6.61 Å². The van der Waals surface area contributed by atoms with Crippen molar-refractivity contribution < 1.29 is 4.74 Å². The van der Waals surface area contributed by atoms with Crippen molar-refractivity contribution in [3.05, 3.63) is 27.4 Å². The predicted molar refractivity (Wildman–Crippen MR) is 54.5 cm³/mol. The molecule has 0 aliphatic heterocycles. The minimum atomic E-state index is -0.0519. The van der Waals surface area contributed by atoms with E-state index in [4.69, 9.17) is 4.74 Å². The van der Waals surface area contributed by atoms with Crippen LogP contribution in [0.5, 0.6) is 0 Å². The molecule has 14 heavy (non-hydrogen) atoms. The van der Waals surface area contributed by atoms with E-state index < -0.39 is 0 Å². The van der Waals surface area contributed by atoms with Gasteiger partial charge in [-0.2, -0.15) is 0 Å². The zero-order valence-corrected chi connectivity index (χ0v) is 8.89. The standard InChI is InChI=1S/C10H16N2O2/c1-4-14-6-5-9-11-8(3)7(2)10(13)12-9/h4-6H2,1-3H3,(H,11,12,13). The molecular weight excluding hydrogens is 180 g/mol. The maximum atomic E-state index is 11.4. The first-order chi connectivity index (χ1) is 6.65. The number of aryl methyl sites for hydroxylation is 1. The van der Waals surface area contributed by atoms with Crippen LogP contribution >= 0.6 is 0 Å². The van der Waals surface area contributed by atoms with Gasteiger partial charge in [-0.1, -0.05) is 0 Å². The summed E-state index contributed by atoms with van der Waals surface area (Å²) < 4.78 is 5.19. The molecule has 1 aromatic heterocycles. The first-order valence-corrected chi connectivity index (χ1v) is 4.79. The predicted octanol–water partition coefficient (Wildman–Crippen LogP) is 0.966. The SMILES string of the molecule is CCOCCc1nc(C)c(C)c(=O)[nH]1. The third kappa shape index (κ3) is 2.67. The third-order valence-corrected chi connectivity index (χ3v) is 2.13. The van der Waals surface area contributed by atoms with Crippen molar-refractivity contribution in [2.24, 2.45) is 0 Å². The van der Waals surface area contributed by atoms with E-state index in [0.717, 1.165) is 5.69 Å². The Kier molecular flexibility index (Phi) is 3.83. The van der Waals surface area contributed by atoms with Crippen molar-refractivity contribution in [1.82, 2.24) is 9.97 Å². The van der Waals surface area contributed by atoms with Gasteiger partial charge in [0.2, 0.25) is 0 Å². The smallest absolute Gasteiger partial charge is 0.254 e. The molecule has 0 unspecified atom stereocenters. The number of nitrogens with one attached hydrogen (secondary N) is 1. The molecule has 0 aliphatic carbocycles. The number of rotatable bonds is 4. The largest absolute Gasteiger partial charge is 0.381 e. The Morgan fingerprint density at radius 1 is 1.43 bits per heavy atom. The highest BCUT2D eigenvalue weighted by Crippen LogP contribution is 1.97. The second-order valence-electron chi connectivity index (χ2n) is 3.17. The van der Waals surface area contributed by atoms with Crippen molar-refractivity contribution in [2.45, 2.75) is 27.2 Å². The molecule has 4 heteroatoms. The lowest BCUT2D eigenvalue weighted by molar-refractivity contribution is 0.149. The Morgan fingerprint density at radius 3 is 2.71 bits per heavy atom. The molecule has 78 valence electrons. The van der Waals surface area contributed by atoms with Gasteiger partial charge < -0.3 is 9.72 Å². The number of ether oxygens (including phenoxy) is 1. The van der Waals surface area contributed by atoms with Gasteiger partial charge in [-0.15, -0.1) is 0 Å². The van der Waals surface area contributed by atoms with Crippen LogP contribution in [-0.4, -0.2) is 23.2 Å². The minimum absolute atomic E-state index is 0.0519. The summed E-state index contributed by atoms with van der Waals surface area (Å²) in [6.07, 6.45) is 0.657. The van der Waals surface area contributed by atoms with Crippen molar-refractivity contribution in [1.29, 1.82) is 0 Å². The van der Waals surface area contributed by atoms with Crippen LogP contribution in [0.15, 0.2) is 4.79 Å². The topological polar surface area (TPSA) is 55.0 Å². The second kappa shape index (κ2) is 4.91. The first kappa shape index (κ1) is 10.9. The summed E-state index contributed by atoms with van der Waals surface area (Å²) in [7, 11) is 0. The van der Waals surface area contributed by atoms with Gasteiger partial charge in [-0.25, -0.2) is 4.98 Å². The molecule has 0 saturated carbocycles. The second-order valence-corrected chi connectivity index (χ2v) is 3.17. The lowest BCUT2D eigenvalue weighted by Gasteiger charge is -2.03. The molecule has 0 aliphatic rings. The highest BCUT2D eigenvalue weighted by Gasteiger charge is 2.02. The number of aromatic amines is 1. The summed E-state index contributed by atoms with van der Waals surface area (Å²) in [5, 5.41) is 0. The van der Waals surface area contributed by atoms with E-state index in [9.17, 15) is 4.79 Å². The quantitative estimate of drug-likeness (QED) is 0.730. The van der Waals surface area contributed by atoms with E-state index in [0.29, 0.717) is 31.0 Å². The molecular formula is C10H16N2O2. The molecule has 0 atom stereocenters. The highest BCUT2D eigenvalue weighted by atomic mass is 16.5. The molecule has 1 heterocycles. The number of aromatic nitrogens is 2. The van der Waals surface area contributed by atoms with E-state index in [1.165, 1.54) is 0 Å². The summed E-state index contributed by atoms with van der Waals surface area (Å²) in [4.78, 5) is 18.4. The molecule has 4 nitrogen and oxygen atoms in total. The summed E-state index contributed by atoms with van der Waals surface area (Å²) in [6.45, 7) is 6.84. The molecule has 0 aromatic carbocycles. The fourth-order valence-corrected chi connectivity index (χ4v) is 1.13. The van der Waals surface area contributed by atoms with Gasteiger partial charge in [0, 0.05) is 24.3 Å². The van der Waals surface area contributed by atoms with Gasteiger partial charge in [0.25, 0.3) is 5.56 Å². The number of hydrogen-bond acceptors (Lipinski definition) is 3. The number of nitrogens with zero attached hydrogens (tertiary/aromatic N) is 1. The Balaban J connectivity index is 2.75.